The number of aliphatic carboxylic acids is 1. The van der Waals surface area contributed by atoms with Gasteiger partial charge < -0.3 is 24.4 Å². The number of halogens is 1. The Balaban J connectivity index is 1.67. The molecule has 2 amide bonds. The molecule has 1 fully saturated rings. The standard InChI is InChI=1S/C30H31ClN2O6/c1-20(2)39-25-13-7-9-22(15-25)16-32(18-27(35)36)30(37)29-28(23-10-4-3-5-11-23)33(26(34)19-38-29)17-21-8-6-12-24(31)14-21/h3-15,20,28-29H,16-19H2,1-2H3,(H,35,36)/t28-,29-/m1/s1. The van der Waals surface area contributed by atoms with Gasteiger partial charge in [-0.3, -0.25) is 14.4 Å². The van der Waals surface area contributed by atoms with Crippen LogP contribution in [-0.2, 0) is 32.2 Å². The average Bonchev–Trinajstić information content (AvgIpc) is 2.89. The number of benzene rings is 3. The molecule has 3 aromatic rings. The minimum Gasteiger partial charge on any atom is -0.491 e. The van der Waals surface area contributed by atoms with Crippen LogP contribution in [0, 0.1) is 0 Å². The van der Waals surface area contributed by atoms with Gasteiger partial charge in [0.15, 0.2) is 6.10 Å². The maximum atomic E-state index is 14.0. The van der Waals surface area contributed by atoms with Gasteiger partial charge in [0.2, 0.25) is 5.91 Å². The molecule has 0 saturated carbocycles. The van der Waals surface area contributed by atoms with Crippen molar-refractivity contribution in [1.82, 2.24) is 9.80 Å². The lowest BCUT2D eigenvalue weighted by molar-refractivity contribution is -0.172. The summed E-state index contributed by atoms with van der Waals surface area (Å²) in [6.07, 6.45) is -1.15. The predicted octanol–water partition coefficient (Wildman–Crippen LogP) is 4.71. The third kappa shape index (κ3) is 7.37. The van der Waals surface area contributed by atoms with Gasteiger partial charge in [0.25, 0.3) is 5.91 Å². The number of carbonyl (C=O) groups excluding carboxylic acids is 2. The summed E-state index contributed by atoms with van der Waals surface area (Å²) in [6, 6.07) is 22.7. The predicted molar refractivity (Wildman–Crippen MR) is 146 cm³/mol. The van der Waals surface area contributed by atoms with E-state index in [9.17, 15) is 19.5 Å². The molecule has 8 nitrogen and oxygen atoms in total. The van der Waals surface area contributed by atoms with Crippen molar-refractivity contribution in [2.24, 2.45) is 0 Å². The molecule has 1 aliphatic heterocycles. The van der Waals surface area contributed by atoms with E-state index < -0.39 is 30.6 Å². The van der Waals surface area contributed by atoms with Gasteiger partial charge >= 0.3 is 5.97 Å². The second-order valence-corrected chi connectivity index (χ2v) is 10.1. The van der Waals surface area contributed by atoms with Crippen LogP contribution in [-0.4, -0.2) is 58.0 Å². The molecule has 4 rings (SSSR count). The number of morpholine rings is 1. The summed E-state index contributed by atoms with van der Waals surface area (Å²) in [5, 5.41) is 10.2. The van der Waals surface area contributed by atoms with Crippen molar-refractivity contribution in [2.45, 2.75) is 45.2 Å². The fraction of sp³-hybridized carbons (Fsp3) is 0.300. The Morgan fingerprint density at radius 3 is 2.46 bits per heavy atom. The fourth-order valence-electron chi connectivity index (χ4n) is 4.65. The summed E-state index contributed by atoms with van der Waals surface area (Å²) < 4.78 is 11.6. The van der Waals surface area contributed by atoms with E-state index in [2.05, 4.69) is 0 Å². The summed E-state index contributed by atoms with van der Waals surface area (Å²) in [4.78, 5) is 41.8. The number of nitrogens with zero attached hydrogens (tertiary/aromatic N) is 2. The summed E-state index contributed by atoms with van der Waals surface area (Å²) in [6.45, 7) is 3.22. The monoisotopic (exact) mass is 550 g/mol. The molecule has 0 unspecified atom stereocenters. The first-order valence-electron chi connectivity index (χ1n) is 12.7. The van der Waals surface area contributed by atoms with Crippen LogP contribution < -0.4 is 4.74 Å². The zero-order valence-electron chi connectivity index (χ0n) is 21.8. The van der Waals surface area contributed by atoms with E-state index in [0.717, 1.165) is 5.56 Å². The summed E-state index contributed by atoms with van der Waals surface area (Å²) in [5.41, 5.74) is 2.21. The molecule has 39 heavy (non-hydrogen) atoms. The van der Waals surface area contributed by atoms with Gasteiger partial charge in [-0.1, -0.05) is 66.2 Å². The van der Waals surface area contributed by atoms with E-state index >= 15 is 0 Å². The van der Waals surface area contributed by atoms with Crippen LogP contribution in [0.3, 0.4) is 0 Å². The highest BCUT2D eigenvalue weighted by molar-refractivity contribution is 6.30. The molecule has 0 bridgehead atoms. The highest BCUT2D eigenvalue weighted by atomic mass is 35.5. The van der Waals surface area contributed by atoms with Crippen molar-refractivity contribution in [1.29, 1.82) is 0 Å². The smallest absolute Gasteiger partial charge is 0.323 e. The van der Waals surface area contributed by atoms with E-state index in [4.69, 9.17) is 21.1 Å². The lowest BCUT2D eigenvalue weighted by Gasteiger charge is -2.42. The molecule has 2 atom stereocenters. The van der Waals surface area contributed by atoms with Crippen molar-refractivity contribution in [3.63, 3.8) is 0 Å². The third-order valence-corrected chi connectivity index (χ3v) is 6.47. The Hall–Kier alpha value is -3.88. The first-order valence-corrected chi connectivity index (χ1v) is 13.1. The van der Waals surface area contributed by atoms with Crippen molar-refractivity contribution >= 4 is 29.4 Å². The molecule has 0 aromatic heterocycles. The minimum atomic E-state index is -1.16. The second-order valence-electron chi connectivity index (χ2n) is 9.64. The number of carbonyl (C=O) groups is 3. The van der Waals surface area contributed by atoms with Gasteiger partial charge in [0, 0.05) is 18.1 Å². The topological polar surface area (TPSA) is 96.4 Å². The zero-order valence-corrected chi connectivity index (χ0v) is 22.6. The van der Waals surface area contributed by atoms with Crippen LogP contribution in [0.5, 0.6) is 5.75 Å². The third-order valence-electron chi connectivity index (χ3n) is 6.24. The Morgan fingerprint density at radius 1 is 1.05 bits per heavy atom. The first kappa shape index (κ1) is 28.1. The lowest BCUT2D eigenvalue weighted by atomic mass is 9.95. The number of rotatable bonds is 10. The van der Waals surface area contributed by atoms with E-state index in [-0.39, 0.29) is 31.7 Å². The van der Waals surface area contributed by atoms with Crippen molar-refractivity contribution in [2.75, 3.05) is 13.2 Å². The number of carboxylic acids is 1. The molecule has 0 radical (unpaired) electrons. The van der Waals surface area contributed by atoms with Crippen LogP contribution in [0.15, 0.2) is 78.9 Å². The van der Waals surface area contributed by atoms with Crippen LogP contribution in [0.4, 0.5) is 0 Å². The molecule has 9 heteroatoms. The molecular formula is C30H31ClN2O6. The molecule has 0 aliphatic carbocycles. The van der Waals surface area contributed by atoms with Gasteiger partial charge in [0.05, 0.1) is 12.1 Å². The van der Waals surface area contributed by atoms with E-state index in [1.165, 1.54) is 4.90 Å². The Kier molecular flexibility index (Phi) is 9.22. The number of ether oxygens (including phenoxy) is 2. The van der Waals surface area contributed by atoms with E-state index in [1.54, 1.807) is 41.3 Å². The molecule has 0 spiro atoms. The minimum absolute atomic E-state index is 0.0318. The summed E-state index contributed by atoms with van der Waals surface area (Å²) in [7, 11) is 0. The fourth-order valence-corrected chi connectivity index (χ4v) is 4.86. The highest BCUT2D eigenvalue weighted by Gasteiger charge is 2.43. The number of hydrogen-bond donors (Lipinski definition) is 1. The molecular weight excluding hydrogens is 520 g/mol. The van der Waals surface area contributed by atoms with E-state index in [1.807, 2.05) is 56.3 Å². The van der Waals surface area contributed by atoms with Crippen molar-refractivity contribution in [3.05, 3.63) is 101 Å². The Bertz CT molecular complexity index is 1320. The number of carboxylic acid groups (broad SMARTS) is 1. The number of amides is 2. The normalized spacial score (nSPS) is 17.2. The molecule has 1 N–H and O–H groups in total. The maximum Gasteiger partial charge on any atom is 0.323 e. The Labute approximate surface area is 232 Å². The van der Waals surface area contributed by atoms with Gasteiger partial charge in [0.1, 0.15) is 18.9 Å². The molecule has 204 valence electrons. The average molecular weight is 551 g/mol. The quantitative estimate of drug-likeness (QED) is 0.393. The highest BCUT2D eigenvalue weighted by Crippen LogP contribution is 2.33. The molecule has 1 aliphatic rings. The molecule has 1 saturated heterocycles. The van der Waals surface area contributed by atoms with Crippen LogP contribution >= 0.6 is 11.6 Å². The largest absolute Gasteiger partial charge is 0.491 e. The SMILES string of the molecule is CC(C)Oc1cccc(CN(CC(=O)O)C(=O)[C@@H]2OCC(=O)N(Cc3cccc(Cl)c3)[C@@H]2c2ccccc2)c1. The summed E-state index contributed by atoms with van der Waals surface area (Å²) in [5.74, 6) is -1.34. The van der Waals surface area contributed by atoms with Gasteiger partial charge in [-0.15, -0.1) is 0 Å². The van der Waals surface area contributed by atoms with Gasteiger partial charge in [-0.25, -0.2) is 0 Å². The van der Waals surface area contributed by atoms with Gasteiger partial charge in [-0.2, -0.15) is 0 Å². The van der Waals surface area contributed by atoms with Crippen LogP contribution in [0.25, 0.3) is 0 Å². The number of hydrogen-bond acceptors (Lipinski definition) is 5. The molecule has 3 aromatic carbocycles. The van der Waals surface area contributed by atoms with Crippen LogP contribution in [0.2, 0.25) is 5.02 Å². The summed E-state index contributed by atoms with van der Waals surface area (Å²) >= 11 is 6.18. The van der Waals surface area contributed by atoms with E-state index in [0.29, 0.717) is 21.9 Å². The first-order chi connectivity index (χ1) is 18.7. The lowest BCUT2D eigenvalue weighted by Crippen LogP contribution is -2.55. The maximum absolute atomic E-state index is 14.0. The second kappa shape index (κ2) is 12.8. The van der Waals surface area contributed by atoms with Crippen LogP contribution in [0.1, 0.15) is 36.6 Å². The Morgan fingerprint density at radius 2 is 1.77 bits per heavy atom. The van der Waals surface area contributed by atoms with Gasteiger partial charge in [-0.05, 0) is 54.8 Å². The molecule has 1 heterocycles. The van der Waals surface area contributed by atoms with Crippen molar-refractivity contribution < 1.29 is 29.0 Å². The zero-order chi connectivity index (χ0) is 27.9. The van der Waals surface area contributed by atoms with Crippen molar-refractivity contribution in [3.8, 4) is 5.75 Å².